The molecule has 3 amide bonds. The number of amides is 3. The van der Waals surface area contributed by atoms with E-state index >= 15 is 0 Å². The molecule has 1 aromatic carbocycles. The number of likely N-dealkylation sites (N-methyl/N-ethyl adjacent to an activating group) is 1. The van der Waals surface area contributed by atoms with Crippen molar-refractivity contribution >= 4 is 17.6 Å². The van der Waals surface area contributed by atoms with Gasteiger partial charge in [-0.25, -0.2) is 9.18 Å². The Bertz CT molecular complexity index is 597. The molecule has 1 aromatic rings. The van der Waals surface area contributed by atoms with Crippen LogP contribution in [-0.2, 0) is 4.74 Å². The molecule has 1 saturated heterocycles. The van der Waals surface area contributed by atoms with Gasteiger partial charge in [-0.15, -0.1) is 0 Å². The second-order valence-electron chi connectivity index (χ2n) is 5.81. The van der Waals surface area contributed by atoms with Crippen LogP contribution < -0.4 is 16.0 Å². The molecule has 1 atom stereocenters. The summed E-state index contributed by atoms with van der Waals surface area (Å²) in [5.74, 6) is -0.980. The molecule has 132 valence electrons. The smallest absolute Gasteiger partial charge is 0.319 e. The molecule has 0 aromatic heterocycles. The number of nitrogens with one attached hydrogen (secondary N) is 3. The van der Waals surface area contributed by atoms with Crippen molar-refractivity contribution in [3.8, 4) is 0 Å². The Morgan fingerprint density at radius 3 is 2.96 bits per heavy atom. The second kappa shape index (κ2) is 8.60. The van der Waals surface area contributed by atoms with E-state index in [1.807, 2.05) is 7.05 Å². The number of urea groups is 1. The molecule has 0 radical (unpaired) electrons. The van der Waals surface area contributed by atoms with Crippen LogP contribution in [0.25, 0.3) is 0 Å². The number of carbonyl (C=O) groups excluding carboxylic acids is 2. The molecule has 24 heavy (non-hydrogen) atoms. The monoisotopic (exact) mass is 338 g/mol. The first kappa shape index (κ1) is 18.2. The second-order valence-corrected chi connectivity index (χ2v) is 5.81. The van der Waals surface area contributed by atoms with Crippen LogP contribution in [0.3, 0.4) is 0 Å². The molecular formula is C16H23FN4O3. The summed E-state index contributed by atoms with van der Waals surface area (Å²) in [6.07, 6.45) is 0. The van der Waals surface area contributed by atoms with Crippen LogP contribution in [0.1, 0.15) is 10.4 Å². The maximum Gasteiger partial charge on any atom is 0.319 e. The van der Waals surface area contributed by atoms with Crippen molar-refractivity contribution in [1.29, 1.82) is 0 Å². The third kappa shape index (κ3) is 5.17. The summed E-state index contributed by atoms with van der Waals surface area (Å²) >= 11 is 0. The maximum atomic E-state index is 13.6. The number of ether oxygens (including phenoxy) is 1. The van der Waals surface area contributed by atoms with Gasteiger partial charge in [-0.3, -0.25) is 4.79 Å². The zero-order chi connectivity index (χ0) is 17.5. The normalized spacial score (nSPS) is 18.5. The van der Waals surface area contributed by atoms with Crippen LogP contribution in [0.4, 0.5) is 14.9 Å². The molecule has 1 aliphatic heterocycles. The highest BCUT2D eigenvalue weighted by Gasteiger charge is 2.17. The molecule has 3 N–H and O–H groups in total. The molecule has 0 aliphatic carbocycles. The number of halogens is 1. The van der Waals surface area contributed by atoms with Crippen LogP contribution in [0.2, 0.25) is 0 Å². The summed E-state index contributed by atoms with van der Waals surface area (Å²) < 4.78 is 19.1. The van der Waals surface area contributed by atoms with Gasteiger partial charge in [-0.1, -0.05) is 0 Å². The molecule has 7 nitrogen and oxygen atoms in total. The highest BCUT2D eigenvalue weighted by atomic mass is 19.1. The summed E-state index contributed by atoms with van der Waals surface area (Å²) in [4.78, 5) is 25.7. The molecule has 0 bridgehead atoms. The SMILES string of the molecule is CNC(=O)c1cc(NC(=O)NC[C@@H]2COCCN(C)C2)ccc1F. The molecular weight excluding hydrogens is 315 g/mol. The molecule has 1 heterocycles. The van der Waals surface area contributed by atoms with Crippen molar-refractivity contribution in [2.24, 2.45) is 5.92 Å². The van der Waals surface area contributed by atoms with Gasteiger partial charge in [0.15, 0.2) is 0 Å². The summed E-state index contributed by atoms with van der Waals surface area (Å²) in [6, 6.07) is 3.45. The number of rotatable bonds is 4. The van der Waals surface area contributed by atoms with Crippen LogP contribution in [-0.4, -0.2) is 63.8 Å². The molecule has 0 saturated carbocycles. The minimum atomic E-state index is -0.640. The first-order valence-electron chi connectivity index (χ1n) is 7.82. The Morgan fingerprint density at radius 2 is 2.21 bits per heavy atom. The van der Waals surface area contributed by atoms with E-state index in [1.54, 1.807) is 0 Å². The van der Waals surface area contributed by atoms with Crippen LogP contribution in [0.5, 0.6) is 0 Å². The fraction of sp³-hybridized carbons (Fsp3) is 0.500. The van der Waals surface area contributed by atoms with E-state index in [4.69, 9.17) is 4.74 Å². The summed E-state index contributed by atoms with van der Waals surface area (Å²) in [6.45, 7) is 3.48. The fourth-order valence-corrected chi connectivity index (χ4v) is 2.50. The lowest BCUT2D eigenvalue weighted by Crippen LogP contribution is -2.37. The number of hydrogen-bond acceptors (Lipinski definition) is 4. The van der Waals surface area contributed by atoms with Gasteiger partial charge in [0.1, 0.15) is 5.82 Å². The largest absolute Gasteiger partial charge is 0.380 e. The Hall–Kier alpha value is -2.19. The number of nitrogens with zero attached hydrogens (tertiary/aromatic N) is 1. The average molecular weight is 338 g/mol. The van der Waals surface area contributed by atoms with Crippen LogP contribution in [0.15, 0.2) is 18.2 Å². The highest BCUT2D eigenvalue weighted by molar-refractivity contribution is 5.96. The maximum absolute atomic E-state index is 13.6. The van der Waals surface area contributed by atoms with E-state index in [1.165, 1.54) is 19.2 Å². The van der Waals surface area contributed by atoms with Crippen molar-refractivity contribution in [3.63, 3.8) is 0 Å². The van der Waals surface area contributed by atoms with Crippen molar-refractivity contribution in [2.45, 2.75) is 0 Å². The minimum absolute atomic E-state index is 0.117. The fourth-order valence-electron chi connectivity index (χ4n) is 2.50. The van der Waals surface area contributed by atoms with Gasteiger partial charge >= 0.3 is 6.03 Å². The van der Waals surface area contributed by atoms with Gasteiger partial charge in [-0.2, -0.15) is 0 Å². The van der Waals surface area contributed by atoms with Crippen molar-refractivity contribution < 1.29 is 18.7 Å². The number of anilines is 1. The van der Waals surface area contributed by atoms with Gasteiger partial charge in [0.2, 0.25) is 0 Å². The minimum Gasteiger partial charge on any atom is -0.380 e. The highest BCUT2D eigenvalue weighted by Crippen LogP contribution is 2.14. The first-order chi connectivity index (χ1) is 11.5. The topological polar surface area (TPSA) is 82.7 Å². The zero-order valence-electron chi connectivity index (χ0n) is 13.9. The summed E-state index contributed by atoms with van der Waals surface area (Å²) in [5.41, 5.74) is 0.232. The lowest BCUT2D eigenvalue weighted by atomic mass is 10.1. The zero-order valence-corrected chi connectivity index (χ0v) is 13.9. The molecule has 1 fully saturated rings. The van der Waals surface area contributed by atoms with Crippen molar-refractivity contribution in [3.05, 3.63) is 29.6 Å². The lowest BCUT2D eigenvalue weighted by Gasteiger charge is -2.19. The Balaban J connectivity index is 1.89. The predicted molar refractivity (Wildman–Crippen MR) is 88.6 cm³/mol. The van der Waals surface area contributed by atoms with Gasteiger partial charge < -0.3 is 25.6 Å². The van der Waals surface area contributed by atoms with Crippen LogP contribution in [0, 0.1) is 11.7 Å². The van der Waals surface area contributed by atoms with E-state index in [2.05, 4.69) is 20.9 Å². The van der Waals surface area contributed by atoms with Crippen LogP contribution >= 0.6 is 0 Å². The Kier molecular flexibility index (Phi) is 6.51. The predicted octanol–water partition coefficient (Wildman–Crippen LogP) is 0.885. The standard InChI is InChI=1S/C16H23FN4O3/c1-18-15(22)13-7-12(3-4-14(13)17)20-16(23)19-8-11-9-21(2)5-6-24-10-11/h3-4,7,11H,5-6,8-10H2,1-2H3,(H,18,22)(H2,19,20,23)/t11-/m0/s1. The molecule has 2 rings (SSSR count). The Morgan fingerprint density at radius 1 is 1.42 bits per heavy atom. The van der Waals surface area contributed by atoms with Crippen molar-refractivity contribution in [1.82, 2.24) is 15.5 Å². The van der Waals surface area contributed by atoms with Gasteiger partial charge in [0.25, 0.3) is 5.91 Å². The van der Waals surface area contributed by atoms with Gasteiger partial charge in [0.05, 0.1) is 18.8 Å². The third-order valence-corrected chi connectivity index (χ3v) is 3.79. The summed E-state index contributed by atoms with van der Waals surface area (Å²) in [7, 11) is 3.43. The van der Waals surface area contributed by atoms with E-state index in [-0.39, 0.29) is 11.5 Å². The van der Waals surface area contributed by atoms with E-state index in [0.717, 1.165) is 19.2 Å². The number of carbonyl (C=O) groups is 2. The molecule has 1 aliphatic rings. The van der Waals surface area contributed by atoms with E-state index in [9.17, 15) is 14.0 Å². The average Bonchev–Trinajstić information content (AvgIpc) is 2.78. The number of benzene rings is 1. The van der Waals surface area contributed by atoms with Gasteiger partial charge in [-0.05, 0) is 25.2 Å². The quantitative estimate of drug-likeness (QED) is 0.761. The molecule has 0 unspecified atom stereocenters. The van der Waals surface area contributed by atoms with E-state index in [0.29, 0.717) is 25.4 Å². The first-order valence-corrected chi connectivity index (χ1v) is 7.82. The lowest BCUT2D eigenvalue weighted by molar-refractivity contribution is 0.0959. The van der Waals surface area contributed by atoms with Crippen molar-refractivity contribution in [2.75, 3.05) is 52.3 Å². The third-order valence-electron chi connectivity index (χ3n) is 3.79. The molecule has 0 spiro atoms. The van der Waals surface area contributed by atoms with E-state index < -0.39 is 17.8 Å². The number of hydrogen-bond donors (Lipinski definition) is 3. The van der Waals surface area contributed by atoms with Gasteiger partial charge in [0, 0.05) is 38.3 Å². The Labute approximate surface area is 140 Å². The summed E-state index contributed by atoms with van der Waals surface area (Å²) in [5, 5.41) is 7.73. The molecule has 8 heteroatoms.